The largest absolute Gasteiger partial charge is 0.425 e. The average Bonchev–Trinajstić information content (AvgIpc) is 2.57. The predicted octanol–water partition coefficient (Wildman–Crippen LogP) is 3.32. The zero-order chi connectivity index (χ0) is 17.1. The van der Waals surface area contributed by atoms with Gasteiger partial charge >= 0.3 is 11.6 Å². The molecule has 1 aromatic heterocycles. The van der Waals surface area contributed by atoms with Crippen molar-refractivity contribution < 1.29 is 18.7 Å². The van der Waals surface area contributed by atoms with Crippen molar-refractivity contribution in [2.45, 2.75) is 6.92 Å². The lowest BCUT2D eigenvalue weighted by atomic mass is 9.99. The lowest BCUT2D eigenvalue weighted by Crippen LogP contribution is -2.14. The Balaban J connectivity index is 2.12. The Kier molecular flexibility index (Phi) is 4.44. The first kappa shape index (κ1) is 16.0. The summed E-state index contributed by atoms with van der Waals surface area (Å²) in [6, 6.07) is 14.2. The molecule has 24 heavy (non-hydrogen) atoms. The number of rotatable bonds is 4. The summed E-state index contributed by atoms with van der Waals surface area (Å²) in [5.41, 5.74) is 2.12. The van der Waals surface area contributed by atoms with Crippen LogP contribution in [-0.4, -0.2) is 19.7 Å². The molecule has 3 aromatic rings. The van der Waals surface area contributed by atoms with Gasteiger partial charge in [-0.25, -0.2) is 9.59 Å². The summed E-state index contributed by atoms with van der Waals surface area (Å²) >= 11 is 0. The number of carbonyl (C=O) groups excluding carboxylic acids is 1. The number of esters is 1. The Morgan fingerprint density at radius 2 is 1.88 bits per heavy atom. The Bertz CT molecular complexity index is 941. The lowest BCUT2D eigenvalue weighted by Gasteiger charge is -2.09. The lowest BCUT2D eigenvalue weighted by molar-refractivity contribution is -0.138. The van der Waals surface area contributed by atoms with E-state index in [0.717, 1.165) is 16.5 Å². The monoisotopic (exact) mass is 324 g/mol. The molecule has 5 nitrogen and oxygen atoms in total. The second kappa shape index (κ2) is 6.68. The van der Waals surface area contributed by atoms with Crippen LogP contribution < -0.4 is 10.4 Å². The number of aryl methyl sites for hydroxylation is 1. The van der Waals surface area contributed by atoms with E-state index in [1.807, 2.05) is 37.3 Å². The van der Waals surface area contributed by atoms with Crippen molar-refractivity contribution in [3.05, 3.63) is 64.5 Å². The number of ether oxygens (including phenoxy) is 2. The molecule has 0 aliphatic carbocycles. The van der Waals surface area contributed by atoms with Crippen molar-refractivity contribution in [2.24, 2.45) is 0 Å². The number of fused-ring (bicyclic) bond motifs is 1. The maximum Gasteiger partial charge on any atom is 0.344 e. The summed E-state index contributed by atoms with van der Waals surface area (Å²) in [4.78, 5) is 23.9. The average molecular weight is 324 g/mol. The number of benzene rings is 2. The van der Waals surface area contributed by atoms with Crippen molar-refractivity contribution in [1.82, 2.24) is 0 Å². The minimum Gasteiger partial charge on any atom is -0.425 e. The molecule has 0 aliphatic rings. The summed E-state index contributed by atoms with van der Waals surface area (Å²) in [6.45, 7) is 1.72. The van der Waals surface area contributed by atoms with E-state index >= 15 is 0 Å². The van der Waals surface area contributed by atoms with Gasteiger partial charge in [0.05, 0.1) is 5.56 Å². The van der Waals surface area contributed by atoms with Gasteiger partial charge in [-0.3, -0.25) is 0 Å². The van der Waals surface area contributed by atoms with Gasteiger partial charge < -0.3 is 13.9 Å². The summed E-state index contributed by atoms with van der Waals surface area (Å²) in [6.07, 6.45) is 0. The molecule has 122 valence electrons. The molecule has 0 radical (unpaired) electrons. The highest BCUT2D eigenvalue weighted by atomic mass is 16.6. The van der Waals surface area contributed by atoms with Crippen LogP contribution in [0.4, 0.5) is 0 Å². The Hall–Kier alpha value is -2.92. The van der Waals surface area contributed by atoms with Gasteiger partial charge in [0.2, 0.25) is 0 Å². The van der Waals surface area contributed by atoms with Crippen LogP contribution in [0.3, 0.4) is 0 Å². The molecule has 0 amide bonds. The second-order valence-corrected chi connectivity index (χ2v) is 5.32. The standard InChI is InChI=1S/C19H16O5/c1-12-15-10-14(23-17(20)11-22-2)8-9-16(15)24-19(21)18(12)13-6-4-3-5-7-13/h3-10H,11H2,1-2H3. The smallest absolute Gasteiger partial charge is 0.344 e. The van der Waals surface area contributed by atoms with Crippen LogP contribution in [0.1, 0.15) is 5.56 Å². The summed E-state index contributed by atoms with van der Waals surface area (Å²) in [7, 11) is 1.42. The normalized spacial score (nSPS) is 10.8. The third-order valence-corrected chi connectivity index (χ3v) is 3.69. The van der Waals surface area contributed by atoms with Gasteiger partial charge in [0.25, 0.3) is 0 Å². The van der Waals surface area contributed by atoms with Gasteiger partial charge in [0.1, 0.15) is 17.9 Å². The third kappa shape index (κ3) is 3.07. The molecule has 3 rings (SSSR count). The molecule has 0 spiro atoms. The predicted molar refractivity (Wildman–Crippen MR) is 90.2 cm³/mol. The molecule has 2 aromatic carbocycles. The fraction of sp³-hybridized carbons (Fsp3) is 0.158. The first-order chi connectivity index (χ1) is 11.6. The van der Waals surface area contributed by atoms with Gasteiger partial charge in [0, 0.05) is 12.5 Å². The number of carbonyl (C=O) groups is 1. The Labute approximate surface area is 138 Å². The van der Waals surface area contributed by atoms with Crippen molar-refractivity contribution in [2.75, 3.05) is 13.7 Å². The summed E-state index contributed by atoms with van der Waals surface area (Å²) in [5, 5.41) is 0.719. The Morgan fingerprint density at radius 1 is 1.12 bits per heavy atom. The third-order valence-electron chi connectivity index (χ3n) is 3.69. The first-order valence-corrected chi connectivity index (χ1v) is 7.42. The van der Waals surface area contributed by atoms with Crippen molar-refractivity contribution >= 4 is 16.9 Å². The number of hydrogen-bond donors (Lipinski definition) is 0. The maximum absolute atomic E-state index is 12.3. The number of methoxy groups -OCH3 is 1. The minimum absolute atomic E-state index is 0.129. The van der Waals surface area contributed by atoms with Crippen LogP contribution in [0.5, 0.6) is 5.75 Å². The number of hydrogen-bond acceptors (Lipinski definition) is 5. The van der Waals surface area contributed by atoms with Crippen LogP contribution in [0, 0.1) is 6.92 Å². The van der Waals surface area contributed by atoms with Crippen molar-refractivity contribution in [3.8, 4) is 16.9 Å². The summed E-state index contributed by atoms with van der Waals surface area (Å²) < 4.78 is 15.4. The summed E-state index contributed by atoms with van der Waals surface area (Å²) in [5.74, 6) is -0.115. The minimum atomic E-state index is -0.491. The highest BCUT2D eigenvalue weighted by Crippen LogP contribution is 2.29. The fourth-order valence-corrected chi connectivity index (χ4v) is 2.61. The second-order valence-electron chi connectivity index (χ2n) is 5.32. The van der Waals surface area contributed by atoms with E-state index < -0.39 is 11.6 Å². The van der Waals surface area contributed by atoms with Gasteiger partial charge in [-0.05, 0) is 36.2 Å². The molecule has 0 atom stereocenters. The van der Waals surface area contributed by atoms with Crippen molar-refractivity contribution in [1.29, 1.82) is 0 Å². The molecular weight excluding hydrogens is 308 g/mol. The van der Waals surface area contributed by atoms with Crippen LogP contribution >= 0.6 is 0 Å². The molecule has 0 fully saturated rings. The maximum atomic E-state index is 12.3. The molecule has 0 unspecified atom stereocenters. The van der Waals surface area contributed by atoms with Gasteiger partial charge in [-0.2, -0.15) is 0 Å². The fourth-order valence-electron chi connectivity index (χ4n) is 2.61. The molecule has 0 saturated carbocycles. The van der Waals surface area contributed by atoms with E-state index in [9.17, 15) is 9.59 Å². The van der Waals surface area contributed by atoms with Crippen LogP contribution in [0.2, 0.25) is 0 Å². The highest BCUT2D eigenvalue weighted by Gasteiger charge is 2.14. The van der Waals surface area contributed by atoms with E-state index in [2.05, 4.69) is 0 Å². The zero-order valence-electron chi connectivity index (χ0n) is 13.4. The molecular formula is C19H16O5. The van der Waals surface area contributed by atoms with E-state index in [4.69, 9.17) is 13.9 Å². The SMILES string of the molecule is COCC(=O)Oc1ccc2oc(=O)c(-c3ccccc3)c(C)c2c1. The highest BCUT2D eigenvalue weighted by molar-refractivity contribution is 5.88. The molecule has 0 saturated heterocycles. The van der Waals surface area contributed by atoms with E-state index in [0.29, 0.717) is 16.9 Å². The van der Waals surface area contributed by atoms with Crippen molar-refractivity contribution in [3.63, 3.8) is 0 Å². The van der Waals surface area contributed by atoms with E-state index in [1.165, 1.54) is 7.11 Å². The van der Waals surface area contributed by atoms with Gasteiger partial charge in [0.15, 0.2) is 0 Å². The molecule has 0 aliphatic heterocycles. The zero-order valence-corrected chi connectivity index (χ0v) is 13.4. The van der Waals surface area contributed by atoms with Crippen LogP contribution in [0.15, 0.2) is 57.7 Å². The molecule has 1 heterocycles. The van der Waals surface area contributed by atoms with Crippen LogP contribution in [0.25, 0.3) is 22.1 Å². The topological polar surface area (TPSA) is 65.7 Å². The van der Waals surface area contributed by atoms with E-state index in [1.54, 1.807) is 18.2 Å². The van der Waals surface area contributed by atoms with Gasteiger partial charge in [-0.15, -0.1) is 0 Å². The van der Waals surface area contributed by atoms with Gasteiger partial charge in [-0.1, -0.05) is 30.3 Å². The molecule has 0 N–H and O–H groups in total. The first-order valence-electron chi connectivity index (χ1n) is 7.42. The van der Waals surface area contributed by atoms with Crippen LogP contribution in [-0.2, 0) is 9.53 Å². The molecule has 0 bridgehead atoms. The Morgan fingerprint density at radius 3 is 2.58 bits per heavy atom. The van der Waals surface area contributed by atoms with E-state index in [-0.39, 0.29) is 6.61 Å². The quantitative estimate of drug-likeness (QED) is 0.418. The molecule has 5 heteroatoms.